The molecule has 0 radical (unpaired) electrons. The first-order chi connectivity index (χ1) is 25.3. The van der Waals surface area contributed by atoms with Crippen LogP contribution < -0.4 is 10.1 Å². The summed E-state index contributed by atoms with van der Waals surface area (Å²) < 4.78 is 38.8. The van der Waals surface area contributed by atoms with Crippen LogP contribution in [-0.4, -0.2) is 91.0 Å². The van der Waals surface area contributed by atoms with Gasteiger partial charge in [0.05, 0.1) is 0 Å². The van der Waals surface area contributed by atoms with Crippen molar-refractivity contribution in [3.8, 4) is 16.9 Å². The third-order valence-corrected chi connectivity index (χ3v) is 8.50. The van der Waals surface area contributed by atoms with Gasteiger partial charge in [-0.25, -0.2) is 9.59 Å². The van der Waals surface area contributed by atoms with E-state index in [0.717, 1.165) is 49.9 Å². The van der Waals surface area contributed by atoms with E-state index in [0.29, 0.717) is 5.56 Å². The predicted molar refractivity (Wildman–Crippen MR) is 182 cm³/mol. The highest BCUT2D eigenvalue weighted by atomic mass is 16.7. The summed E-state index contributed by atoms with van der Waals surface area (Å²) in [5.74, 6) is -4.34. The van der Waals surface area contributed by atoms with Crippen molar-refractivity contribution in [2.24, 2.45) is 0 Å². The molecule has 0 aromatic heterocycles. The van der Waals surface area contributed by atoms with E-state index in [1.54, 1.807) is 12.1 Å². The first-order valence-electron chi connectivity index (χ1n) is 16.7. The second kappa shape index (κ2) is 17.0. The van der Waals surface area contributed by atoms with Gasteiger partial charge in [-0.2, -0.15) is 0 Å². The number of fused-ring (bicyclic) bond motifs is 3. The lowest BCUT2D eigenvalue weighted by molar-refractivity contribution is -0.288. The molecule has 1 aliphatic carbocycles. The fourth-order valence-corrected chi connectivity index (χ4v) is 6.34. The average molecular weight is 734 g/mol. The lowest BCUT2D eigenvalue weighted by atomic mass is 9.98. The number of hydrogen-bond acceptors (Lipinski definition) is 13. The topological polar surface area (TPSA) is 199 Å². The largest absolute Gasteiger partial charge is 0.480 e. The zero-order valence-electron chi connectivity index (χ0n) is 29.3. The molecule has 6 atom stereocenters. The van der Waals surface area contributed by atoms with E-state index in [1.165, 1.54) is 12.1 Å². The van der Waals surface area contributed by atoms with Gasteiger partial charge >= 0.3 is 35.9 Å². The molecule has 15 nitrogen and oxygen atoms in total. The van der Waals surface area contributed by atoms with Crippen molar-refractivity contribution in [2.75, 3.05) is 13.2 Å². The number of hydrogen-bond donors (Lipinski definition) is 2. The van der Waals surface area contributed by atoms with Gasteiger partial charge in [0.25, 0.3) is 0 Å². The van der Waals surface area contributed by atoms with E-state index in [1.807, 2.05) is 48.5 Å². The van der Waals surface area contributed by atoms with Gasteiger partial charge in [0.2, 0.25) is 12.4 Å². The molecule has 280 valence electrons. The Labute approximate surface area is 304 Å². The normalized spacial score (nSPS) is 20.8. The number of esters is 4. The third kappa shape index (κ3) is 9.68. The Morgan fingerprint density at radius 2 is 1.23 bits per heavy atom. The molecule has 2 aliphatic rings. The average Bonchev–Trinajstić information content (AvgIpc) is 3.42. The monoisotopic (exact) mass is 733 g/mol. The van der Waals surface area contributed by atoms with Gasteiger partial charge in [-0.15, -0.1) is 0 Å². The first-order valence-corrected chi connectivity index (χ1v) is 16.7. The van der Waals surface area contributed by atoms with Crippen LogP contribution in [0.1, 0.15) is 50.3 Å². The maximum atomic E-state index is 12.8. The fourth-order valence-electron chi connectivity index (χ4n) is 6.34. The van der Waals surface area contributed by atoms with Crippen LogP contribution in [0.5, 0.6) is 5.75 Å². The minimum absolute atomic E-state index is 0.0114. The predicted octanol–water partition coefficient (Wildman–Crippen LogP) is 3.68. The Morgan fingerprint density at radius 1 is 0.679 bits per heavy atom. The van der Waals surface area contributed by atoms with Crippen LogP contribution in [0.15, 0.2) is 72.8 Å². The van der Waals surface area contributed by atoms with Crippen molar-refractivity contribution in [3.63, 3.8) is 0 Å². The number of nitrogens with one attached hydrogen (secondary N) is 1. The van der Waals surface area contributed by atoms with Crippen LogP contribution in [0.25, 0.3) is 11.1 Å². The van der Waals surface area contributed by atoms with Crippen molar-refractivity contribution in [3.05, 3.63) is 89.5 Å². The molecule has 0 spiro atoms. The lowest BCUT2D eigenvalue weighted by Crippen LogP contribution is -2.63. The molecule has 3 aromatic carbocycles. The standard InChI is InChI=1S/C38H39NO14/c1-20(40)47-19-32-33(49-21(2)41)34(50-22(3)42)35(51-23(4)43)37(53-32)52-25-15-13-24(14-16-25)17-31(36(44)45)39-38(46)48-18-30-28-11-7-5-9-26(28)27-10-6-8-12-29(27)30/h5-16,30-35,37H,17-19H2,1-4H3,(H,39,46)(H,44,45)/t31-,32+,33-,34-,35-,37+/m0/s1. The molecule has 1 heterocycles. The van der Waals surface area contributed by atoms with Crippen LogP contribution in [0.3, 0.4) is 0 Å². The number of carboxylic acids is 1. The lowest BCUT2D eigenvalue weighted by Gasteiger charge is -2.43. The molecule has 1 saturated heterocycles. The highest BCUT2D eigenvalue weighted by molar-refractivity contribution is 5.81. The molecule has 1 aliphatic heterocycles. The van der Waals surface area contributed by atoms with E-state index in [-0.39, 0.29) is 24.7 Å². The third-order valence-electron chi connectivity index (χ3n) is 8.50. The van der Waals surface area contributed by atoms with E-state index < -0.39 is 79.3 Å². The Kier molecular flexibility index (Phi) is 12.3. The van der Waals surface area contributed by atoms with E-state index >= 15 is 0 Å². The smallest absolute Gasteiger partial charge is 0.407 e. The zero-order valence-corrected chi connectivity index (χ0v) is 29.3. The van der Waals surface area contributed by atoms with Crippen LogP contribution in [0.2, 0.25) is 0 Å². The number of rotatable bonds is 13. The maximum absolute atomic E-state index is 12.8. The number of aliphatic carboxylic acids is 1. The maximum Gasteiger partial charge on any atom is 0.407 e. The highest BCUT2D eigenvalue weighted by Crippen LogP contribution is 2.44. The number of carbonyl (C=O) groups excluding carboxylic acids is 5. The summed E-state index contributed by atoms with van der Waals surface area (Å²) in [7, 11) is 0. The summed E-state index contributed by atoms with van der Waals surface area (Å²) >= 11 is 0. The van der Waals surface area contributed by atoms with E-state index in [9.17, 15) is 33.9 Å². The minimum atomic E-state index is -1.46. The minimum Gasteiger partial charge on any atom is -0.480 e. The van der Waals surface area contributed by atoms with Crippen molar-refractivity contribution in [1.82, 2.24) is 5.32 Å². The summed E-state index contributed by atoms with van der Waals surface area (Å²) in [6.45, 7) is 4.07. The first kappa shape index (κ1) is 38.3. The molecule has 1 fully saturated rings. The van der Waals surface area contributed by atoms with Gasteiger partial charge in [-0.3, -0.25) is 19.2 Å². The zero-order chi connectivity index (χ0) is 38.2. The van der Waals surface area contributed by atoms with Gasteiger partial charge in [0.15, 0.2) is 12.2 Å². The second-order valence-corrected chi connectivity index (χ2v) is 12.4. The molecule has 0 unspecified atom stereocenters. The number of carboxylic acid groups (broad SMARTS) is 1. The number of benzene rings is 3. The molecule has 15 heteroatoms. The summed E-state index contributed by atoms with van der Waals surface area (Å²) in [6, 6.07) is 20.4. The van der Waals surface area contributed by atoms with Crippen molar-refractivity contribution in [2.45, 2.75) is 76.8 Å². The molecule has 0 bridgehead atoms. The van der Waals surface area contributed by atoms with Crippen molar-refractivity contribution in [1.29, 1.82) is 0 Å². The van der Waals surface area contributed by atoms with Gasteiger partial charge in [-0.1, -0.05) is 60.7 Å². The second-order valence-electron chi connectivity index (χ2n) is 12.4. The van der Waals surface area contributed by atoms with Crippen LogP contribution in [-0.2, 0) is 58.8 Å². The van der Waals surface area contributed by atoms with Crippen LogP contribution >= 0.6 is 0 Å². The van der Waals surface area contributed by atoms with Gasteiger partial charge in [0, 0.05) is 40.0 Å². The van der Waals surface area contributed by atoms with Crippen molar-refractivity contribution < 1.29 is 67.0 Å². The van der Waals surface area contributed by atoms with Crippen LogP contribution in [0.4, 0.5) is 4.79 Å². The number of amides is 1. The van der Waals surface area contributed by atoms with Gasteiger partial charge in [0.1, 0.15) is 31.1 Å². The molecule has 5 rings (SSSR count). The van der Waals surface area contributed by atoms with Crippen LogP contribution in [0, 0.1) is 0 Å². The molecule has 1 amide bonds. The highest BCUT2D eigenvalue weighted by Gasteiger charge is 2.53. The fraction of sp³-hybridized carbons (Fsp3) is 0.368. The quantitative estimate of drug-likeness (QED) is 0.190. The molecule has 0 saturated carbocycles. The Morgan fingerprint density at radius 3 is 1.77 bits per heavy atom. The Hall–Kier alpha value is -5.96. The van der Waals surface area contributed by atoms with E-state index in [4.69, 9.17) is 33.2 Å². The van der Waals surface area contributed by atoms with Gasteiger partial charge < -0.3 is 43.6 Å². The summed E-state index contributed by atoms with van der Waals surface area (Å²) in [5.41, 5.74) is 4.65. The summed E-state index contributed by atoms with van der Waals surface area (Å²) in [4.78, 5) is 72.8. The molecule has 2 N–H and O–H groups in total. The molecule has 3 aromatic rings. The molecular formula is C38H39NO14. The Balaban J connectivity index is 1.26. The van der Waals surface area contributed by atoms with Gasteiger partial charge in [-0.05, 0) is 39.9 Å². The summed E-state index contributed by atoms with van der Waals surface area (Å²) in [5, 5.41) is 12.3. The molecular weight excluding hydrogens is 694 g/mol. The van der Waals surface area contributed by atoms with Crippen molar-refractivity contribution >= 4 is 35.9 Å². The Bertz CT molecular complexity index is 1800. The SMILES string of the molecule is CC(=O)OC[C@H]1O[C@@H](Oc2ccc(C[C@H](NC(=O)OCC3c4ccccc4-c4ccccc43)C(=O)O)cc2)[C@@H](OC(C)=O)[C@@H](OC(C)=O)[C@H]1OC(C)=O. The molecule has 53 heavy (non-hydrogen) atoms. The number of carbonyl (C=O) groups is 6. The number of alkyl carbamates (subject to hydrolysis) is 1. The summed E-state index contributed by atoms with van der Waals surface area (Å²) in [6.07, 6.45) is -7.86. The van der Waals surface area contributed by atoms with E-state index in [2.05, 4.69) is 5.32 Å². The number of ether oxygens (including phenoxy) is 7.